The van der Waals surface area contributed by atoms with Crippen molar-refractivity contribution in [1.82, 2.24) is 0 Å². The molecule has 3 nitrogen and oxygen atoms in total. The molecule has 1 aromatic rings. The minimum atomic E-state index is -0.0368. The second-order valence-corrected chi connectivity index (χ2v) is 5.03. The van der Waals surface area contributed by atoms with Gasteiger partial charge >= 0.3 is 0 Å². The Bertz CT molecular complexity index is 415. The fourth-order valence-electron chi connectivity index (χ4n) is 1.79. The van der Waals surface area contributed by atoms with Crippen LogP contribution in [0.15, 0.2) is 18.2 Å². The van der Waals surface area contributed by atoms with Gasteiger partial charge < -0.3 is 10.6 Å². The first kappa shape index (κ1) is 14.6. The Morgan fingerprint density at radius 3 is 2.56 bits per heavy atom. The van der Waals surface area contributed by atoms with Gasteiger partial charge in [0.15, 0.2) is 0 Å². The van der Waals surface area contributed by atoms with E-state index in [-0.39, 0.29) is 5.91 Å². The lowest BCUT2D eigenvalue weighted by Crippen LogP contribution is -2.23. The first-order chi connectivity index (χ1) is 8.43. The third-order valence-corrected chi connectivity index (χ3v) is 3.44. The molecule has 2 atom stereocenters. The van der Waals surface area contributed by atoms with Gasteiger partial charge in [0.2, 0.25) is 5.91 Å². The molecule has 3 heteroatoms. The van der Waals surface area contributed by atoms with Crippen molar-refractivity contribution in [2.75, 3.05) is 10.6 Å². The maximum Gasteiger partial charge on any atom is 0.221 e. The fourth-order valence-corrected chi connectivity index (χ4v) is 1.79. The van der Waals surface area contributed by atoms with Crippen molar-refractivity contribution in [3.05, 3.63) is 23.8 Å². The van der Waals surface area contributed by atoms with Gasteiger partial charge in [-0.3, -0.25) is 4.79 Å². The topological polar surface area (TPSA) is 41.1 Å². The number of carbonyl (C=O) groups excluding carboxylic acids is 1. The molecule has 100 valence electrons. The van der Waals surface area contributed by atoms with E-state index < -0.39 is 0 Å². The maximum atomic E-state index is 11.1. The van der Waals surface area contributed by atoms with Gasteiger partial charge in [-0.25, -0.2) is 0 Å². The molecular formula is C15H24N2O. The molecule has 2 unspecified atom stereocenters. The zero-order valence-corrected chi connectivity index (χ0v) is 12.0. The average molecular weight is 248 g/mol. The van der Waals surface area contributed by atoms with Crippen LogP contribution in [0.25, 0.3) is 0 Å². The summed E-state index contributed by atoms with van der Waals surface area (Å²) in [6.45, 7) is 10.1. The smallest absolute Gasteiger partial charge is 0.221 e. The van der Waals surface area contributed by atoms with E-state index in [9.17, 15) is 4.79 Å². The Labute approximate surface area is 110 Å². The van der Waals surface area contributed by atoms with E-state index in [1.54, 1.807) is 0 Å². The highest BCUT2D eigenvalue weighted by molar-refractivity contribution is 5.90. The molecule has 2 N–H and O–H groups in total. The number of anilines is 2. The molecule has 0 radical (unpaired) electrons. The Hall–Kier alpha value is -1.51. The second kappa shape index (κ2) is 6.43. The van der Waals surface area contributed by atoms with Crippen LogP contribution in [0.3, 0.4) is 0 Å². The second-order valence-electron chi connectivity index (χ2n) is 5.03. The van der Waals surface area contributed by atoms with Crippen molar-refractivity contribution in [3.8, 4) is 0 Å². The van der Waals surface area contributed by atoms with Crippen molar-refractivity contribution in [3.63, 3.8) is 0 Å². The van der Waals surface area contributed by atoms with E-state index >= 15 is 0 Å². The molecule has 18 heavy (non-hydrogen) atoms. The highest BCUT2D eigenvalue weighted by Gasteiger charge is 2.10. The van der Waals surface area contributed by atoms with Crippen LogP contribution in [-0.4, -0.2) is 11.9 Å². The van der Waals surface area contributed by atoms with Gasteiger partial charge in [-0.1, -0.05) is 26.3 Å². The Morgan fingerprint density at radius 1 is 1.33 bits per heavy atom. The molecule has 1 amide bonds. The van der Waals surface area contributed by atoms with Crippen molar-refractivity contribution in [1.29, 1.82) is 0 Å². The van der Waals surface area contributed by atoms with Crippen LogP contribution in [0, 0.1) is 12.8 Å². The zero-order chi connectivity index (χ0) is 13.7. The lowest BCUT2D eigenvalue weighted by atomic mass is 10.0. The summed E-state index contributed by atoms with van der Waals surface area (Å²) in [4.78, 5) is 11.1. The first-order valence-corrected chi connectivity index (χ1v) is 6.58. The number of rotatable bonds is 5. The highest BCUT2D eigenvalue weighted by Crippen LogP contribution is 2.22. The Morgan fingerprint density at radius 2 is 2.00 bits per heavy atom. The predicted molar refractivity (Wildman–Crippen MR) is 78.0 cm³/mol. The van der Waals surface area contributed by atoms with Crippen molar-refractivity contribution in [2.45, 2.75) is 47.1 Å². The standard InChI is InChI=1S/C15H24N2O/c1-6-10(2)12(4)16-14-8-7-11(3)15(9-14)17-13(5)18/h7-10,12,16H,6H2,1-5H3,(H,17,18). The van der Waals surface area contributed by atoms with E-state index in [1.807, 2.05) is 19.1 Å². The Balaban J connectivity index is 2.81. The van der Waals surface area contributed by atoms with Gasteiger partial charge in [-0.05, 0) is 37.5 Å². The molecule has 0 heterocycles. The number of benzene rings is 1. The largest absolute Gasteiger partial charge is 0.382 e. The summed E-state index contributed by atoms with van der Waals surface area (Å²) in [5.41, 5.74) is 3.01. The number of nitrogens with one attached hydrogen (secondary N) is 2. The number of aryl methyl sites for hydroxylation is 1. The van der Waals surface area contributed by atoms with Gasteiger partial charge in [0.25, 0.3) is 0 Å². The van der Waals surface area contributed by atoms with Crippen LogP contribution in [0.1, 0.15) is 39.7 Å². The summed E-state index contributed by atoms with van der Waals surface area (Å²) in [5, 5.41) is 6.33. The third-order valence-electron chi connectivity index (χ3n) is 3.44. The van der Waals surface area contributed by atoms with Crippen molar-refractivity contribution in [2.24, 2.45) is 5.92 Å². The van der Waals surface area contributed by atoms with Crippen LogP contribution in [0.5, 0.6) is 0 Å². The highest BCUT2D eigenvalue weighted by atomic mass is 16.1. The fraction of sp³-hybridized carbons (Fsp3) is 0.533. The minimum absolute atomic E-state index is 0.0368. The molecule has 0 aliphatic heterocycles. The monoisotopic (exact) mass is 248 g/mol. The van der Waals surface area contributed by atoms with Crippen LogP contribution in [-0.2, 0) is 4.79 Å². The van der Waals surface area contributed by atoms with Crippen LogP contribution < -0.4 is 10.6 Å². The molecule has 0 aliphatic rings. The third kappa shape index (κ3) is 4.06. The quantitative estimate of drug-likeness (QED) is 0.832. The summed E-state index contributed by atoms with van der Waals surface area (Å²) in [6.07, 6.45) is 1.15. The summed E-state index contributed by atoms with van der Waals surface area (Å²) >= 11 is 0. The lowest BCUT2D eigenvalue weighted by Gasteiger charge is -2.22. The first-order valence-electron chi connectivity index (χ1n) is 6.58. The number of carbonyl (C=O) groups is 1. The molecule has 0 bridgehead atoms. The van der Waals surface area contributed by atoms with Crippen LogP contribution in [0.4, 0.5) is 11.4 Å². The normalized spacial score (nSPS) is 13.8. The molecule has 0 aromatic heterocycles. The van der Waals surface area contributed by atoms with E-state index in [2.05, 4.69) is 37.5 Å². The number of hydrogen-bond acceptors (Lipinski definition) is 2. The summed E-state index contributed by atoms with van der Waals surface area (Å²) in [5.74, 6) is 0.584. The molecule has 0 saturated carbocycles. The minimum Gasteiger partial charge on any atom is -0.382 e. The summed E-state index contributed by atoms with van der Waals surface area (Å²) in [7, 11) is 0. The molecule has 1 aromatic carbocycles. The van der Waals surface area contributed by atoms with Crippen molar-refractivity contribution < 1.29 is 4.79 Å². The Kier molecular flexibility index (Phi) is 5.20. The summed E-state index contributed by atoms with van der Waals surface area (Å²) in [6, 6.07) is 6.49. The van der Waals surface area contributed by atoms with E-state index in [0.717, 1.165) is 23.4 Å². The van der Waals surface area contributed by atoms with Gasteiger partial charge in [-0.15, -0.1) is 0 Å². The van der Waals surface area contributed by atoms with Crippen LogP contribution in [0.2, 0.25) is 0 Å². The van der Waals surface area contributed by atoms with E-state index in [4.69, 9.17) is 0 Å². The van der Waals surface area contributed by atoms with Gasteiger partial charge in [0.1, 0.15) is 0 Å². The number of amides is 1. The maximum absolute atomic E-state index is 11.1. The van der Waals surface area contributed by atoms with Gasteiger partial charge in [0.05, 0.1) is 0 Å². The van der Waals surface area contributed by atoms with Gasteiger partial charge in [0, 0.05) is 24.3 Å². The van der Waals surface area contributed by atoms with Gasteiger partial charge in [-0.2, -0.15) is 0 Å². The number of hydrogen-bond donors (Lipinski definition) is 2. The molecule has 0 saturated heterocycles. The van der Waals surface area contributed by atoms with Crippen molar-refractivity contribution >= 4 is 17.3 Å². The average Bonchev–Trinajstić information content (AvgIpc) is 2.31. The predicted octanol–water partition coefficient (Wildman–Crippen LogP) is 3.80. The SMILES string of the molecule is CCC(C)C(C)Nc1ccc(C)c(NC(C)=O)c1. The molecule has 1 rings (SSSR count). The summed E-state index contributed by atoms with van der Waals surface area (Å²) < 4.78 is 0. The molecular weight excluding hydrogens is 224 g/mol. The molecule has 0 aliphatic carbocycles. The van der Waals surface area contributed by atoms with Crippen LogP contribution >= 0.6 is 0 Å². The van der Waals surface area contributed by atoms with E-state index in [1.165, 1.54) is 6.92 Å². The lowest BCUT2D eigenvalue weighted by molar-refractivity contribution is -0.114. The van der Waals surface area contributed by atoms with E-state index in [0.29, 0.717) is 12.0 Å². The zero-order valence-electron chi connectivity index (χ0n) is 12.0. The molecule has 0 fully saturated rings. The molecule has 0 spiro atoms.